The van der Waals surface area contributed by atoms with Gasteiger partial charge in [0.05, 0.1) is 0 Å². The molecule has 3 unspecified atom stereocenters. The average molecular weight is 321 g/mol. The predicted molar refractivity (Wildman–Crippen MR) is 101 cm³/mol. The lowest BCUT2D eigenvalue weighted by molar-refractivity contribution is 0.273. The zero-order valence-corrected chi connectivity index (χ0v) is 16.6. The maximum Gasteiger partial charge on any atom is 0.201 e. The minimum atomic E-state index is -1.76. The molecule has 0 aliphatic carbocycles. The topological polar surface area (TPSA) is 9.23 Å². The van der Waals surface area contributed by atoms with Crippen molar-refractivity contribution < 1.29 is 4.43 Å². The molecular formula is C20H36OSi. The van der Waals surface area contributed by atoms with Crippen LogP contribution in [-0.2, 0) is 10.8 Å². The summed E-state index contributed by atoms with van der Waals surface area (Å²) in [6.07, 6.45) is 4.77. The molecular weight excluding hydrogens is 284 g/mol. The summed E-state index contributed by atoms with van der Waals surface area (Å²) >= 11 is 0. The standard InChI is InChI=1S/C20H36OSi/c1-7-17(4)22(18(5)8-2,19(6)9-3)21-16-15-20-13-11-10-12-14-20/h10-14,17-19H,7-9,15-16H2,1-6H3. The largest absolute Gasteiger partial charge is 0.416 e. The van der Waals surface area contributed by atoms with E-state index in [1.54, 1.807) is 0 Å². The van der Waals surface area contributed by atoms with Gasteiger partial charge in [-0.15, -0.1) is 0 Å². The molecule has 0 saturated carbocycles. The van der Waals surface area contributed by atoms with Crippen LogP contribution in [0.25, 0.3) is 0 Å². The monoisotopic (exact) mass is 320 g/mol. The maximum absolute atomic E-state index is 6.83. The molecule has 0 aliphatic rings. The van der Waals surface area contributed by atoms with Gasteiger partial charge in [-0.05, 0) is 28.6 Å². The van der Waals surface area contributed by atoms with Gasteiger partial charge in [0.2, 0.25) is 8.32 Å². The van der Waals surface area contributed by atoms with Gasteiger partial charge in [0.25, 0.3) is 0 Å². The van der Waals surface area contributed by atoms with Crippen molar-refractivity contribution in [2.75, 3.05) is 6.61 Å². The summed E-state index contributed by atoms with van der Waals surface area (Å²) in [4.78, 5) is 0. The fourth-order valence-corrected chi connectivity index (χ4v) is 9.97. The van der Waals surface area contributed by atoms with Crippen LogP contribution in [0.2, 0.25) is 16.6 Å². The lowest BCUT2D eigenvalue weighted by atomic mass is 10.2. The summed E-state index contributed by atoms with van der Waals surface area (Å²) in [5.74, 6) is 0. The number of hydrogen-bond donors (Lipinski definition) is 0. The third-order valence-corrected chi connectivity index (χ3v) is 12.3. The van der Waals surface area contributed by atoms with Crippen LogP contribution in [0.4, 0.5) is 0 Å². The van der Waals surface area contributed by atoms with Gasteiger partial charge in [-0.2, -0.15) is 0 Å². The highest BCUT2D eigenvalue weighted by atomic mass is 28.4. The molecule has 2 heteroatoms. The van der Waals surface area contributed by atoms with E-state index in [0.29, 0.717) is 0 Å². The van der Waals surface area contributed by atoms with Crippen LogP contribution in [-0.4, -0.2) is 14.9 Å². The summed E-state index contributed by atoms with van der Waals surface area (Å²) in [7, 11) is -1.76. The zero-order valence-electron chi connectivity index (χ0n) is 15.6. The average Bonchev–Trinajstić information content (AvgIpc) is 2.57. The Labute approximate surface area is 139 Å². The van der Waals surface area contributed by atoms with Crippen molar-refractivity contribution in [1.82, 2.24) is 0 Å². The molecule has 22 heavy (non-hydrogen) atoms. The molecule has 0 spiro atoms. The minimum absolute atomic E-state index is 0.730. The number of hydrogen-bond acceptors (Lipinski definition) is 1. The molecule has 0 N–H and O–H groups in total. The first-order valence-corrected chi connectivity index (χ1v) is 11.3. The molecule has 1 aromatic carbocycles. The van der Waals surface area contributed by atoms with Gasteiger partial charge in [0.15, 0.2) is 0 Å². The van der Waals surface area contributed by atoms with Crippen LogP contribution in [0.15, 0.2) is 30.3 Å². The van der Waals surface area contributed by atoms with Crippen LogP contribution < -0.4 is 0 Å². The summed E-state index contributed by atoms with van der Waals surface area (Å²) in [6, 6.07) is 10.8. The van der Waals surface area contributed by atoms with Gasteiger partial charge in [-0.3, -0.25) is 0 Å². The Morgan fingerprint density at radius 3 is 1.68 bits per heavy atom. The highest BCUT2D eigenvalue weighted by Crippen LogP contribution is 2.47. The molecule has 1 nitrogen and oxygen atoms in total. The lowest BCUT2D eigenvalue weighted by Gasteiger charge is -2.45. The molecule has 0 heterocycles. The molecule has 0 radical (unpaired) electrons. The van der Waals surface area contributed by atoms with Gasteiger partial charge >= 0.3 is 0 Å². The predicted octanol–water partition coefficient (Wildman–Crippen LogP) is 6.59. The molecule has 0 fully saturated rings. The smallest absolute Gasteiger partial charge is 0.201 e. The molecule has 126 valence electrons. The molecule has 0 bridgehead atoms. The molecule has 0 aromatic heterocycles. The van der Waals surface area contributed by atoms with Crippen molar-refractivity contribution in [1.29, 1.82) is 0 Å². The molecule has 1 aromatic rings. The first-order chi connectivity index (χ1) is 10.5. The molecule has 1 rings (SSSR count). The second-order valence-corrected chi connectivity index (χ2v) is 11.8. The normalized spacial score (nSPS) is 18.5. The third-order valence-electron chi connectivity index (χ3n) is 5.73. The van der Waals surface area contributed by atoms with E-state index in [0.717, 1.165) is 29.7 Å². The first kappa shape index (κ1) is 19.4. The molecule has 0 aliphatic heterocycles. The Morgan fingerprint density at radius 1 is 0.818 bits per heavy atom. The second kappa shape index (κ2) is 9.52. The van der Waals surface area contributed by atoms with Gasteiger partial charge in [-0.25, -0.2) is 0 Å². The summed E-state index contributed by atoms with van der Waals surface area (Å²) in [5, 5.41) is 0. The Balaban J connectivity index is 2.88. The summed E-state index contributed by atoms with van der Waals surface area (Å²) in [5.41, 5.74) is 3.58. The second-order valence-electron chi connectivity index (χ2n) is 6.87. The van der Waals surface area contributed by atoms with Crippen LogP contribution >= 0.6 is 0 Å². The van der Waals surface area contributed by atoms with E-state index in [-0.39, 0.29) is 0 Å². The van der Waals surface area contributed by atoms with Crippen molar-refractivity contribution in [2.45, 2.75) is 83.8 Å². The molecule has 0 saturated heterocycles. The number of benzene rings is 1. The molecule has 3 atom stereocenters. The maximum atomic E-state index is 6.83. The highest BCUT2D eigenvalue weighted by Gasteiger charge is 2.48. The minimum Gasteiger partial charge on any atom is -0.416 e. The summed E-state index contributed by atoms with van der Waals surface area (Å²) in [6.45, 7) is 15.2. The Hall–Kier alpha value is -0.603. The first-order valence-electron chi connectivity index (χ1n) is 9.20. The Morgan fingerprint density at radius 2 is 1.27 bits per heavy atom. The van der Waals surface area contributed by atoms with Crippen molar-refractivity contribution in [3.05, 3.63) is 35.9 Å². The van der Waals surface area contributed by atoms with Crippen molar-refractivity contribution in [3.8, 4) is 0 Å². The van der Waals surface area contributed by atoms with Crippen LogP contribution in [0, 0.1) is 0 Å². The third kappa shape index (κ3) is 4.45. The van der Waals surface area contributed by atoms with Gasteiger partial charge in [0.1, 0.15) is 0 Å². The Bertz CT molecular complexity index is 377. The van der Waals surface area contributed by atoms with E-state index in [9.17, 15) is 0 Å². The fourth-order valence-electron chi connectivity index (χ4n) is 3.83. The van der Waals surface area contributed by atoms with Crippen LogP contribution in [0.5, 0.6) is 0 Å². The van der Waals surface area contributed by atoms with Gasteiger partial charge in [-0.1, -0.05) is 91.1 Å². The van der Waals surface area contributed by atoms with Crippen LogP contribution in [0.1, 0.15) is 66.4 Å². The van der Waals surface area contributed by atoms with Crippen molar-refractivity contribution >= 4 is 8.32 Å². The fraction of sp³-hybridized carbons (Fsp3) is 0.700. The van der Waals surface area contributed by atoms with Crippen molar-refractivity contribution in [3.63, 3.8) is 0 Å². The van der Waals surface area contributed by atoms with E-state index < -0.39 is 8.32 Å². The van der Waals surface area contributed by atoms with Gasteiger partial charge in [0, 0.05) is 6.61 Å². The van der Waals surface area contributed by atoms with E-state index in [2.05, 4.69) is 71.9 Å². The summed E-state index contributed by atoms with van der Waals surface area (Å²) < 4.78 is 6.83. The van der Waals surface area contributed by atoms with E-state index in [4.69, 9.17) is 4.43 Å². The molecule has 0 amide bonds. The van der Waals surface area contributed by atoms with E-state index in [1.165, 1.54) is 24.8 Å². The number of rotatable bonds is 10. The Kier molecular flexibility index (Phi) is 8.41. The highest BCUT2D eigenvalue weighted by molar-refractivity contribution is 6.77. The van der Waals surface area contributed by atoms with Crippen molar-refractivity contribution in [2.24, 2.45) is 0 Å². The lowest BCUT2D eigenvalue weighted by Crippen LogP contribution is -2.50. The zero-order chi connectivity index (χ0) is 16.6. The van der Waals surface area contributed by atoms with E-state index >= 15 is 0 Å². The quantitative estimate of drug-likeness (QED) is 0.442. The SMILES string of the molecule is CCC(C)[Si](OCCc1ccccc1)(C(C)CC)C(C)CC. The van der Waals surface area contributed by atoms with E-state index in [1.807, 2.05) is 0 Å². The van der Waals surface area contributed by atoms with Gasteiger partial charge < -0.3 is 4.43 Å². The van der Waals surface area contributed by atoms with Crippen LogP contribution in [0.3, 0.4) is 0 Å².